The molecular weight excluding hydrogens is 224 g/mol. The van der Waals surface area contributed by atoms with Gasteiger partial charge in [-0.25, -0.2) is 0 Å². The molecule has 0 heterocycles. The van der Waals surface area contributed by atoms with Crippen molar-refractivity contribution in [2.75, 3.05) is 54.9 Å². The van der Waals surface area contributed by atoms with Crippen LogP contribution in [0, 0.1) is 0 Å². The average Bonchev–Trinajstić information content (AvgIpc) is 2.13. The lowest BCUT2D eigenvalue weighted by Gasteiger charge is -2.31. The molecule has 0 aliphatic heterocycles. The lowest BCUT2D eigenvalue weighted by molar-refractivity contribution is 0.188. The number of likely N-dealkylation sites (N-methyl/N-ethyl adjacent to an activating group) is 3. The van der Waals surface area contributed by atoms with Crippen molar-refractivity contribution in [1.29, 1.82) is 0 Å². The second kappa shape index (κ2) is 8.86. The van der Waals surface area contributed by atoms with Crippen LogP contribution in [-0.2, 0) is 0 Å². The quantitative estimate of drug-likeness (QED) is 0.660. The second-order valence-electron chi connectivity index (χ2n) is 6.28. The van der Waals surface area contributed by atoms with Crippen LogP contribution in [-0.4, -0.2) is 87.7 Å². The van der Waals surface area contributed by atoms with Gasteiger partial charge < -0.3 is 20.0 Å². The van der Waals surface area contributed by atoms with E-state index in [2.05, 4.69) is 76.0 Å². The summed E-state index contributed by atoms with van der Waals surface area (Å²) in [7, 11) is 10.7. The minimum Gasteiger partial charge on any atom is -0.309 e. The SMILES string of the molecule is CC(CN(C)C)NC(C)CN(C)C(C)CN(C)C. The fraction of sp³-hybridized carbons (Fsp3) is 1.00. The van der Waals surface area contributed by atoms with Crippen LogP contribution in [0.2, 0.25) is 0 Å². The molecule has 0 saturated heterocycles. The number of nitrogens with one attached hydrogen (secondary N) is 1. The van der Waals surface area contributed by atoms with Crippen LogP contribution >= 0.6 is 0 Å². The van der Waals surface area contributed by atoms with E-state index in [1.165, 1.54) is 0 Å². The number of hydrogen-bond donors (Lipinski definition) is 1. The van der Waals surface area contributed by atoms with E-state index in [-0.39, 0.29) is 0 Å². The summed E-state index contributed by atoms with van der Waals surface area (Å²) in [6.07, 6.45) is 0. The Morgan fingerprint density at radius 3 is 1.61 bits per heavy atom. The molecule has 18 heavy (non-hydrogen) atoms. The largest absolute Gasteiger partial charge is 0.309 e. The highest BCUT2D eigenvalue weighted by Gasteiger charge is 2.14. The van der Waals surface area contributed by atoms with Crippen molar-refractivity contribution in [2.45, 2.75) is 38.9 Å². The van der Waals surface area contributed by atoms with Crippen LogP contribution in [0.3, 0.4) is 0 Å². The van der Waals surface area contributed by atoms with Gasteiger partial charge in [-0.1, -0.05) is 0 Å². The van der Waals surface area contributed by atoms with Crippen molar-refractivity contribution in [3.63, 3.8) is 0 Å². The van der Waals surface area contributed by atoms with Crippen LogP contribution in [0.4, 0.5) is 0 Å². The van der Waals surface area contributed by atoms with Gasteiger partial charge in [0, 0.05) is 37.8 Å². The fourth-order valence-electron chi connectivity index (χ4n) is 2.42. The van der Waals surface area contributed by atoms with Crippen molar-refractivity contribution in [3.8, 4) is 0 Å². The smallest absolute Gasteiger partial charge is 0.0192 e. The van der Waals surface area contributed by atoms with E-state index in [9.17, 15) is 0 Å². The van der Waals surface area contributed by atoms with E-state index < -0.39 is 0 Å². The molecular formula is C14H34N4. The highest BCUT2D eigenvalue weighted by molar-refractivity contribution is 4.75. The lowest BCUT2D eigenvalue weighted by atomic mass is 10.2. The zero-order chi connectivity index (χ0) is 14.3. The topological polar surface area (TPSA) is 21.8 Å². The van der Waals surface area contributed by atoms with Gasteiger partial charge in [-0.15, -0.1) is 0 Å². The van der Waals surface area contributed by atoms with Gasteiger partial charge in [0.15, 0.2) is 0 Å². The summed E-state index contributed by atoms with van der Waals surface area (Å²) < 4.78 is 0. The maximum atomic E-state index is 3.65. The van der Waals surface area contributed by atoms with Gasteiger partial charge >= 0.3 is 0 Å². The molecule has 110 valence electrons. The second-order valence-corrected chi connectivity index (χ2v) is 6.28. The normalized spacial score (nSPS) is 17.5. The first-order valence-electron chi connectivity index (χ1n) is 6.98. The summed E-state index contributed by atoms with van der Waals surface area (Å²) >= 11 is 0. The van der Waals surface area contributed by atoms with Gasteiger partial charge in [-0.3, -0.25) is 0 Å². The van der Waals surface area contributed by atoms with Gasteiger partial charge in [0.05, 0.1) is 0 Å². The Bertz CT molecular complexity index is 206. The summed E-state index contributed by atoms with van der Waals surface area (Å²) in [5.41, 5.74) is 0. The monoisotopic (exact) mass is 258 g/mol. The first-order valence-corrected chi connectivity index (χ1v) is 6.98. The summed E-state index contributed by atoms with van der Waals surface area (Å²) in [4.78, 5) is 6.90. The molecule has 4 heteroatoms. The molecule has 0 aromatic rings. The van der Waals surface area contributed by atoms with Crippen molar-refractivity contribution in [2.24, 2.45) is 0 Å². The first-order chi connectivity index (χ1) is 8.22. The number of rotatable bonds is 9. The molecule has 0 fully saturated rings. The van der Waals surface area contributed by atoms with Crippen LogP contribution in [0.1, 0.15) is 20.8 Å². The van der Waals surface area contributed by atoms with Gasteiger partial charge in [0.25, 0.3) is 0 Å². The molecule has 1 N–H and O–H groups in total. The van der Waals surface area contributed by atoms with Gasteiger partial charge in [0.1, 0.15) is 0 Å². The third-order valence-electron chi connectivity index (χ3n) is 3.15. The Balaban J connectivity index is 3.95. The fourth-order valence-corrected chi connectivity index (χ4v) is 2.42. The van der Waals surface area contributed by atoms with E-state index in [0.29, 0.717) is 18.1 Å². The standard InChI is InChI=1S/C14H34N4/c1-12(9-16(4)5)15-13(2)10-18(8)14(3)11-17(6)7/h12-15H,9-11H2,1-8H3. The van der Waals surface area contributed by atoms with Crippen molar-refractivity contribution < 1.29 is 0 Å². The third-order valence-corrected chi connectivity index (χ3v) is 3.15. The van der Waals surface area contributed by atoms with Crippen molar-refractivity contribution in [1.82, 2.24) is 20.0 Å². The van der Waals surface area contributed by atoms with Gasteiger partial charge in [0.2, 0.25) is 0 Å². The predicted octanol–water partition coefficient (Wildman–Crippen LogP) is 0.797. The Hall–Kier alpha value is -0.160. The molecule has 0 bridgehead atoms. The predicted molar refractivity (Wildman–Crippen MR) is 81.3 cm³/mol. The number of hydrogen-bond acceptors (Lipinski definition) is 4. The zero-order valence-electron chi connectivity index (χ0n) is 13.7. The maximum absolute atomic E-state index is 3.65. The third kappa shape index (κ3) is 8.86. The minimum atomic E-state index is 0.523. The lowest BCUT2D eigenvalue weighted by Crippen LogP contribution is -2.48. The summed E-state index contributed by atoms with van der Waals surface area (Å²) in [6.45, 7) is 10.1. The Kier molecular flexibility index (Phi) is 8.78. The van der Waals surface area contributed by atoms with Gasteiger partial charge in [-0.2, -0.15) is 0 Å². The molecule has 3 unspecified atom stereocenters. The Labute approximate surface area is 114 Å². The summed E-state index contributed by atoms with van der Waals surface area (Å²) in [5.74, 6) is 0. The molecule has 0 aromatic carbocycles. The highest BCUT2D eigenvalue weighted by atomic mass is 15.2. The van der Waals surface area contributed by atoms with E-state index in [4.69, 9.17) is 0 Å². The van der Waals surface area contributed by atoms with E-state index in [1.807, 2.05) is 0 Å². The molecule has 0 aliphatic carbocycles. The van der Waals surface area contributed by atoms with Crippen LogP contribution in [0.15, 0.2) is 0 Å². The molecule has 3 atom stereocenters. The molecule has 0 saturated carbocycles. The Morgan fingerprint density at radius 2 is 1.17 bits per heavy atom. The van der Waals surface area contributed by atoms with E-state index in [1.54, 1.807) is 0 Å². The first kappa shape index (κ1) is 17.8. The highest BCUT2D eigenvalue weighted by Crippen LogP contribution is 2.00. The van der Waals surface area contributed by atoms with E-state index in [0.717, 1.165) is 19.6 Å². The van der Waals surface area contributed by atoms with Crippen LogP contribution < -0.4 is 5.32 Å². The minimum absolute atomic E-state index is 0.523. The van der Waals surface area contributed by atoms with Gasteiger partial charge in [-0.05, 0) is 56.0 Å². The molecule has 0 aromatic heterocycles. The molecule has 0 amide bonds. The number of nitrogens with zero attached hydrogens (tertiary/aromatic N) is 3. The molecule has 4 nitrogen and oxygen atoms in total. The van der Waals surface area contributed by atoms with Crippen molar-refractivity contribution >= 4 is 0 Å². The van der Waals surface area contributed by atoms with Crippen molar-refractivity contribution in [3.05, 3.63) is 0 Å². The Morgan fingerprint density at radius 1 is 0.722 bits per heavy atom. The van der Waals surface area contributed by atoms with Crippen LogP contribution in [0.25, 0.3) is 0 Å². The van der Waals surface area contributed by atoms with Crippen LogP contribution in [0.5, 0.6) is 0 Å². The zero-order valence-corrected chi connectivity index (χ0v) is 13.7. The average molecular weight is 258 g/mol. The summed E-state index contributed by atoms with van der Waals surface area (Å²) in [6, 6.07) is 1.65. The molecule has 0 rings (SSSR count). The molecule has 0 aliphatic rings. The van der Waals surface area contributed by atoms with E-state index >= 15 is 0 Å². The maximum Gasteiger partial charge on any atom is 0.0192 e. The summed E-state index contributed by atoms with van der Waals surface area (Å²) in [5, 5.41) is 3.65. The molecule has 0 radical (unpaired) electrons. The molecule has 0 spiro atoms.